The molecule has 4 heteroatoms. The molecule has 0 aliphatic heterocycles. The number of ketones is 1. The van der Waals surface area contributed by atoms with Crippen LogP contribution in [0.1, 0.15) is 37.0 Å². The Morgan fingerprint density at radius 3 is 2.47 bits per heavy atom. The van der Waals surface area contributed by atoms with Gasteiger partial charge < -0.3 is 5.73 Å². The van der Waals surface area contributed by atoms with Crippen LogP contribution in [0, 0.1) is 11.2 Å². The van der Waals surface area contributed by atoms with Crippen LogP contribution < -0.4 is 5.73 Å². The second-order valence-corrected chi connectivity index (χ2v) is 5.06. The smallest absolute Gasteiger partial charge is 0.173 e. The molecule has 0 fully saturated rings. The largest absolute Gasteiger partial charge is 0.329 e. The van der Waals surface area contributed by atoms with Gasteiger partial charge in [0.2, 0.25) is 0 Å². The fourth-order valence-electron chi connectivity index (χ4n) is 1.91. The highest BCUT2D eigenvalue weighted by molar-refractivity contribution is 9.10. The average molecular weight is 302 g/mol. The summed E-state index contributed by atoms with van der Waals surface area (Å²) in [6.45, 7) is 4.05. The van der Waals surface area contributed by atoms with E-state index < -0.39 is 11.2 Å². The third kappa shape index (κ3) is 2.75. The number of Topliss-reactive ketones (excluding diaryl/α,β-unsaturated/α-hetero) is 1. The molecule has 0 saturated carbocycles. The van der Waals surface area contributed by atoms with Crippen molar-refractivity contribution in [2.24, 2.45) is 11.1 Å². The van der Waals surface area contributed by atoms with Crippen molar-refractivity contribution >= 4 is 21.7 Å². The number of hydrogen-bond acceptors (Lipinski definition) is 2. The predicted octanol–water partition coefficient (Wildman–Crippen LogP) is 3.54. The maximum absolute atomic E-state index is 13.7. The van der Waals surface area contributed by atoms with Gasteiger partial charge in [-0.25, -0.2) is 4.39 Å². The first-order valence-corrected chi connectivity index (χ1v) is 6.50. The van der Waals surface area contributed by atoms with Crippen LogP contribution in [-0.4, -0.2) is 12.3 Å². The molecule has 94 valence electrons. The predicted molar refractivity (Wildman–Crippen MR) is 70.5 cm³/mol. The molecule has 0 aliphatic rings. The molecule has 0 saturated heterocycles. The molecule has 0 aliphatic carbocycles. The van der Waals surface area contributed by atoms with E-state index in [1.807, 2.05) is 13.8 Å². The molecule has 1 rings (SSSR count). The van der Waals surface area contributed by atoms with Gasteiger partial charge in [-0.3, -0.25) is 4.79 Å². The van der Waals surface area contributed by atoms with E-state index in [4.69, 9.17) is 5.73 Å². The van der Waals surface area contributed by atoms with E-state index in [-0.39, 0.29) is 17.9 Å². The van der Waals surface area contributed by atoms with E-state index in [9.17, 15) is 9.18 Å². The summed E-state index contributed by atoms with van der Waals surface area (Å²) in [5, 5.41) is 0. The van der Waals surface area contributed by atoms with E-state index >= 15 is 0 Å². The summed E-state index contributed by atoms with van der Waals surface area (Å²) >= 11 is 3.25. The van der Waals surface area contributed by atoms with Crippen molar-refractivity contribution in [1.29, 1.82) is 0 Å². The number of nitrogens with two attached hydrogens (primary N) is 1. The molecule has 0 heterocycles. The Hall–Kier alpha value is -0.740. The van der Waals surface area contributed by atoms with Crippen molar-refractivity contribution < 1.29 is 9.18 Å². The quantitative estimate of drug-likeness (QED) is 0.845. The molecule has 0 spiro atoms. The number of carbonyl (C=O) groups is 1. The summed E-state index contributed by atoms with van der Waals surface area (Å²) in [7, 11) is 0. The van der Waals surface area contributed by atoms with Crippen molar-refractivity contribution in [1.82, 2.24) is 0 Å². The second kappa shape index (κ2) is 5.74. The summed E-state index contributed by atoms with van der Waals surface area (Å²) in [5.41, 5.74) is 5.17. The molecule has 2 nitrogen and oxygen atoms in total. The van der Waals surface area contributed by atoms with Crippen molar-refractivity contribution in [2.75, 3.05) is 6.54 Å². The zero-order chi connectivity index (χ0) is 13.1. The summed E-state index contributed by atoms with van der Waals surface area (Å²) in [5.74, 6) is -0.693. The molecule has 0 radical (unpaired) electrons. The molecule has 0 atom stereocenters. The highest BCUT2D eigenvalue weighted by Crippen LogP contribution is 2.31. The van der Waals surface area contributed by atoms with Gasteiger partial charge in [0.1, 0.15) is 5.82 Å². The number of carbonyl (C=O) groups excluding carboxylic acids is 1. The Morgan fingerprint density at radius 2 is 2.00 bits per heavy atom. The first kappa shape index (κ1) is 14.3. The van der Waals surface area contributed by atoms with Gasteiger partial charge >= 0.3 is 0 Å². The van der Waals surface area contributed by atoms with Crippen molar-refractivity contribution in [3.05, 3.63) is 34.1 Å². The third-order valence-corrected chi connectivity index (χ3v) is 3.89. The Labute approximate surface area is 110 Å². The van der Waals surface area contributed by atoms with Gasteiger partial charge in [0, 0.05) is 16.4 Å². The number of benzene rings is 1. The third-order valence-electron chi connectivity index (χ3n) is 3.40. The zero-order valence-electron chi connectivity index (χ0n) is 10.1. The second-order valence-electron chi connectivity index (χ2n) is 4.14. The standard InChI is InChI=1S/C13H17BrFNO/c1-3-13(4-2,8-16)12(17)10-7-9(14)5-6-11(10)15/h5-7H,3-4,8,16H2,1-2H3. The molecule has 0 amide bonds. The molecule has 1 aromatic rings. The fourth-order valence-corrected chi connectivity index (χ4v) is 2.27. The van der Waals surface area contributed by atoms with Crippen molar-refractivity contribution in [3.8, 4) is 0 Å². The van der Waals surface area contributed by atoms with Crippen LogP contribution in [0.3, 0.4) is 0 Å². The molecule has 0 bridgehead atoms. The first-order chi connectivity index (χ1) is 8.00. The summed E-state index contributed by atoms with van der Waals surface area (Å²) in [6, 6.07) is 4.39. The minimum absolute atomic E-state index is 0.119. The Balaban J connectivity index is 3.23. The molecule has 0 aromatic heterocycles. The van der Waals surface area contributed by atoms with Gasteiger partial charge in [0.15, 0.2) is 5.78 Å². The van der Waals surface area contributed by atoms with E-state index in [0.717, 1.165) is 0 Å². The Bertz CT molecular complexity index is 408. The zero-order valence-corrected chi connectivity index (χ0v) is 11.7. The minimum Gasteiger partial charge on any atom is -0.329 e. The van der Waals surface area contributed by atoms with Gasteiger partial charge in [0.05, 0.1) is 5.56 Å². The lowest BCUT2D eigenvalue weighted by Gasteiger charge is -2.28. The lowest BCUT2D eigenvalue weighted by molar-refractivity contribution is 0.0782. The van der Waals surface area contributed by atoms with Gasteiger partial charge in [-0.2, -0.15) is 0 Å². The number of hydrogen-bond donors (Lipinski definition) is 1. The highest BCUT2D eigenvalue weighted by Gasteiger charge is 2.35. The molecule has 0 unspecified atom stereocenters. The Morgan fingerprint density at radius 1 is 1.41 bits per heavy atom. The maximum atomic E-state index is 13.7. The normalized spacial score (nSPS) is 11.6. The van der Waals surface area contributed by atoms with Crippen LogP contribution >= 0.6 is 15.9 Å². The van der Waals surface area contributed by atoms with Crippen molar-refractivity contribution in [3.63, 3.8) is 0 Å². The average Bonchev–Trinajstić information content (AvgIpc) is 2.35. The van der Waals surface area contributed by atoms with Gasteiger partial charge in [-0.05, 0) is 31.0 Å². The van der Waals surface area contributed by atoms with E-state index in [0.29, 0.717) is 17.3 Å². The molecular formula is C13H17BrFNO. The van der Waals surface area contributed by atoms with E-state index in [1.165, 1.54) is 12.1 Å². The van der Waals surface area contributed by atoms with Gasteiger partial charge in [-0.15, -0.1) is 0 Å². The van der Waals surface area contributed by atoms with Crippen LogP contribution in [0.15, 0.2) is 22.7 Å². The van der Waals surface area contributed by atoms with Crippen LogP contribution in [0.4, 0.5) is 4.39 Å². The minimum atomic E-state index is -0.651. The van der Waals surface area contributed by atoms with E-state index in [1.54, 1.807) is 6.07 Å². The molecular weight excluding hydrogens is 285 g/mol. The number of rotatable bonds is 5. The van der Waals surface area contributed by atoms with Crippen LogP contribution in [0.5, 0.6) is 0 Å². The van der Waals surface area contributed by atoms with Gasteiger partial charge in [0.25, 0.3) is 0 Å². The highest BCUT2D eigenvalue weighted by atomic mass is 79.9. The maximum Gasteiger partial charge on any atom is 0.173 e. The van der Waals surface area contributed by atoms with Crippen LogP contribution in [0.25, 0.3) is 0 Å². The topological polar surface area (TPSA) is 43.1 Å². The Kier molecular flexibility index (Phi) is 4.83. The van der Waals surface area contributed by atoms with Crippen molar-refractivity contribution in [2.45, 2.75) is 26.7 Å². The SMILES string of the molecule is CCC(CC)(CN)C(=O)c1cc(Br)ccc1F. The van der Waals surface area contributed by atoms with Gasteiger partial charge in [-0.1, -0.05) is 29.8 Å². The number of halogens is 2. The van der Waals surface area contributed by atoms with E-state index in [2.05, 4.69) is 15.9 Å². The lowest BCUT2D eigenvalue weighted by Crippen LogP contribution is -2.38. The molecule has 2 N–H and O–H groups in total. The monoisotopic (exact) mass is 301 g/mol. The summed E-state index contributed by atoms with van der Waals surface area (Å²) in [6.07, 6.45) is 1.23. The summed E-state index contributed by atoms with van der Waals surface area (Å²) < 4.78 is 14.4. The summed E-state index contributed by atoms with van der Waals surface area (Å²) in [4.78, 5) is 12.4. The van der Waals surface area contributed by atoms with Crippen LogP contribution in [-0.2, 0) is 0 Å². The molecule has 17 heavy (non-hydrogen) atoms. The lowest BCUT2D eigenvalue weighted by atomic mass is 9.76. The van der Waals surface area contributed by atoms with Crippen LogP contribution in [0.2, 0.25) is 0 Å². The fraction of sp³-hybridized carbons (Fsp3) is 0.462. The first-order valence-electron chi connectivity index (χ1n) is 5.70. The molecule has 1 aromatic carbocycles.